The largest absolute Gasteiger partial charge is 0.328 e. The van der Waals surface area contributed by atoms with Crippen molar-refractivity contribution in [1.29, 1.82) is 0 Å². The summed E-state index contributed by atoms with van der Waals surface area (Å²) in [4.78, 5) is 20.8. The van der Waals surface area contributed by atoms with Crippen LogP contribution in [0.3, 0.4) is 0 Å². The van der Waals surface area contributed by atoms with E-state index in [2.05, 4.69) is 15.3 Å². The maximum Gasteiger partial charge on any atom is 0.259 e. The highest BCUT2D eigenvalue weighted by atomic mass is 16.1. The summed E-state index contributed by atoms with van der Waals surface area (Å²) in [5, 5.41) is 3.08. The van der Waals surface area contributed by atoms with Crippen LogP contribution in [0.2, 0.25) is 0 Å². The summed E-state index contributed by atoms with van der Waals surface area (Å²) in [6.07, 6.45) is 1.60. The van der Waals surface area contributed by atoms with Crippen LogP contribution in [0.15, 0.2) is 16.1 Å². The number of aliphatic imine (C=N–C) groups is 1. The summed E-state index contributed by atoms with van der Waals surface area (Å²) in [6, 6.07) is 0. The number of amidine groups is 1. The highest BCUT2D eigenvalue weighted by Crippen LogP contribution is 2.28. The van der Waals surface area contributed by atoms with Gasteiger partial charge in [0.1, 0.15) is 18.0 Å². The first-order valence-electron chi connectivity index (χ1n) is 5.72. The smallest absolute Gasteiger partial charge is 0.259 e. The molecule has 0 saturated heterocycles. The Morgan fingerprint density at radius 2 is 2.12 bits per heavy atom. The van der Waals surface area contributed by atoms with Crippen LogP contribution in [0.1, 0.15) is 39.2 Å². The van der Waals surface area contributed by atoms with E-state index in [1.165, 1.54) is 0 Å². The molecular formula is C12H18N4O. The van der Waals surface area contributed by atoms with Gasteiger partial charge in [-0.2, -0.15) is 0 Å². The zero-order chi connectivity index (χ0) is 12.8. The van der Waals surface area contributed by atoms with Gasteiger partial charge in [0.25, 0.3) is 5.56 Å². The molecule has 17 heavy (non-hydrogen) atoms. The molecule has 2 rings (SSSR count). The summed E-state index contributed by atoms with van der Waals surface area (Å²) in [5.41, 5.74) is 0.467. The van der Waals surface area contributed by atoms with Crippen LogP contribution in [0, 0.1) is 0 Å². The minimum atomic E-state index is -0.259. The standard InChI is InChI=1S/C12H18N4O/c1-7-8-10(15-9(7)13-5)14-6-16(11(8)17)12(2,3)4/h6-7H,1-5H3,(H,13,15). The van der Waals surface area contributed by atoms with Crippen LogP contribution in [0.4, 0.5) is 5.82 Å². The van der Waals surface area contributed by atoms with E-state index < -0.39 is 0 Å². The van der Waals surface area contributed by atoms with Gasteiger partial charge < -0.3 is 5.32 Å². The van der Waals surface area contributed by atoms with E-state index in [1.807, 2.05) is 27.7 Å². The maximum atomic E-state index is 12.4. The summed E-state index contributed by atoms with van der Waals surface area (Å²) >= 11 is 0. The van der Waals surface area contributed by atoms with Crippen molar-refractivity contribution >= 4 is 11.7 Å². The second-order valence-corrected chi connectivity index (χ2v) is 5.31. The molecule has 0 aliphatic carbocycles. The lowest BCUT2D eigenvalue weighted by Crippen LogP contribution is -2.35. The normalized spacial score (nSPS) is 21.5. The van der Waals surface area contributed by atoms with Gasteiger partial charge in [0.15, 0.2) is 0 Å². The molecule has 1 unspecified atom stereocenters. The minimum absolute atomic E-state index is 0.00944. The third kappa shape index (κ3) is 1.75. The molecular weight excluding hydrogens is 216 g/mol. The van der Waals surface area contributed by atoms with Crippen LogP contribution in [0.25, 0.3) is 0 Å². The molecule has 92 valence electrons. The third-order valence-corrected chi connectivity index (χ3v) is 3.06. The second kappa shape index (κ2) is 3.68. The molecule has 0 saturated carbocycles. The zero-order valence-corrected chi connectivity index (χ0v) is 10.9. The van der Waals surface area contributed by atoms with E-state index in [0.717, 1.165) is 5.84 Å². The number of nitrogens with zero attached hydrogens (tertiary/aromatic N) is 3. The molecule has 1 aromatic rings. The number of anilines is 1. The number of rotatable bonds is 0. The highest BCUT2D eigenvalue weighted by molar-refractivity contribution is 6.05. The van der Waals surface area contributed by atoms with Gasteiger partial charge in [-0.25, -0.2) is 4.98 Å². The molecule has 5 heteroatoms. The molecule has 1 aliphatic heterocycles. The van der Waals surface area contributed by atoms with Crippen LogP contribution in [0.5, 0.6) is 0 Å². The first-order chi connectivity index (χ1) is 7.86. The van der Waals surface area contributed by atoms with E-state index in [0.29, 0.717) is 11.4 Å². The number of hydrogen-bond acceptors (Lipinski definition) is 3. The van der Waals surface area contributed by atoms with Gasteiger partial charge in [0.05, 0.1) is 5.56 Å². The van der Waals surface area contributed by atoms with Crippen LogP contribution in [-0.4, -0.2) is 22.4 Å². The Balaban J connectivity index is 2.65. The SMILES string of the molecule is CN=C1Nc2ncn(C(C)(C)C)c(=O)c2C1C. The molecule has 2 heterocycles. The number of nitrogens with one attached hydrogen (secondary N) is 1. The summed E-state index contributed by atoms with van der Waals surface area (Å²) < 4.78 is 1.67. The Labute approximate surface area is 101 Å². The van der Waals surface area contributed by atoms with Crippen molar-refractivity contribution in [2.24, 2.45) is 4.99 Å². The van der Waals surface area contributed by atoms with Crippen molar-refractivity contribution in [3.63, 3.8) is 0 Å². The molecule has 0 bridgehead atoms. The molecule has 0 radical (unpaired) electrons. The Morgan fingerprint density at radius 3 is 2.65 bits per heavy atom. The molecule has 0 amide bonds. The zero-order valence-electron chi connectivity index (χ0n) is 10.9. The van der Waals surface area contributed by atoms with Gasteiger partial charge in [0.2, 0.25) is 0 Å². The Hall–Kier alpha value is -1.65. The lowest BCUT2D eigenvalue weighted by atomic mass is 10.0. The summed E-state index contributed by atoms with van der Waals surface area (Å²) in [6.45, 7) is 7.94. The van der Waals surface area contributed by atoms with Gasteiger partial charge in [-0.15, -0.1) is 0 Å². The van der Waals surface area contributed by atoms with E-state index in [-0.39, 0.29) is 17.0 Å². The van der Waals surface area contributed by atoms with Crippen molar-refractivity contribution in [2.45, 2.75) is 39.2 Å². The van der Waals surface area contributed by atoms with E-state index in [1.54, 1.807) is 17.9 Å². The number of hydrogen-bond donors (Lipinski definition) is 1. The van der Waals surface area contributed by atoms with Gasteiger partial charge in [-0.05, 0) is 20.8 Å². The summed E-state index contributed by atoms with van der Waals surface area (Å²) in [5.74, 6) is 1.43. The Bertz CT molecular complexity index is 536. The van der Waals surface area contributed by atoms with Crippen LogP contribution < -0.4 is 10.9 Å². The average Bonchev–Trinajstić information content (AvgIpc) is 2.54. The third-order valence-electron chi connectivity index (χ3n) is 3.06. The molecule has 0 aromatic carbocycles. The molecule has 1 aliphatic rings. The quantitative estimate of drug-likeness (QED) is 0.741. The fraction of sp³-hybridized carbons (Fsp3) is 0.583. The topological polar surface area (TPSA) is 59.3 Å². The van der Waals surface area contributed by atoms with E-state index >= 15 is 0 Å². The molecule has 1 N–H and O–H groups in total. The minimum Gasteiger partial charge on any atom is -0.328 e. The summed E-state index contributed by atoms with van der Waals surface area (Å²) in [7, 11) is 1.72. The maximum absolute atomic E-state index is 12.4. The predicted molar refractivity (Wildman–Crippen MR) is 68.9 cm³/mol. The average molecular weight is 234 g/mol. The van der Waals surface area contributed by atoms with Crippen LogP contribution in [-0.2, 0) is 5.54 Å². The molecule has 1 atom stereocenters. The first-order valence-corrected chi connectivity index (χ1v) is 5.72. The fourth-order valence-electron chi connectivity index (χ4n) is 2.05. The van der Waals surface area contributed by atoms with Gasteiger partial charge in [-0.1, -0.05) is 6.92 Å². The van der Waals surface area contributed by atoms with Crippen molar-refractivity contribution in [1.82, 2.24) is 9.55 Å². The molecule has 1 aromatic heterocycles. The molecule has 0 fully saturated rings. The van der Waals surface area contributed by atoms with Crippen LogP contribution >= 0.6 is 0 Å². The van der Waals surface area contributed by atoms with Crippen molar-refractivity contribution in [3.05, 3.63) is 22.2 Å². The van der Waals surface area contributed by atoms with Crippen molar-refractivity contribution in [3.8, 4) is 0 Å². The molecule has 0 spiro atoms. The first kappa shape index (κ1) is 11.8. The second-order valence-electron chi connectivity index (χ2n) is 5.31. The monoisotopic (exact) mass is 234 g/mol. The lowest BCUT2D eigenvalue weighted by Gasteiger charge is -2.22. The predicted octanol–water partition coefficient (Wildman–Crippen LogP) is 1.56. The van der Waals surface area contributed by atoms with Crippen molar-refractivity contribution in [2.75, 3.05) is 12.4 Å². The van der Waals surface area contributed by atoms with E-state index in [9.17, 15) is 4.79 Å². The Kier molecular flexibility index (Phi) is 2.56. The fourth-order valence-corrected chi connectivity index (χ4v) is 2.05. The van der Waals surface area contributed by atoms with Gasteiger partial charge >= 0.3 is 0 Å². The number of aromatic nitrogens is 2. The molecule has 5 nitrogen and oxygen atoms in total. The highest BCUT2D eigenvalue weighted by Gasteiger charge is 2.31. The van der Waals surface area contributed by atoms with E-state index in [4.69, 9.17) is 0 Å². The number of fused-ring (bicyclic) bond motifs is 1. The lowest BCUT2D eigenvalue weighted by molar-refractivity contribution is 0.377. The Morgan fingerprint density at radius 1 is 1.47 bits per heavy atom. The van der Waals surface area contributed by atoms with Crippen molar-refractivity contribution < 1.29 is 0 Å². The van der Waals surface area contributed by atoms with Gasteiger partial charge in [-0.3, -0.25) is 14.4 Å². The van der Waals surface area contributed by atoms with Gasteiger partial charge in [0, 0.05) is 18.5 Å².